The van der Waals surface area contributed by atoms with Crippen molar-refractivity contribution in [3.63, 3.8) is 0 Å². The van der Waals surface area contributed by atoms with Crippen LogP contribution in [0.2, 0.25) is 0 Å². The van der Waals surface area contributed by atoms with E-state index in [1.165, 1.54) is 34.5 Å². The Kier molecular flexibility index (Phi) is 5.29. The van der Waals surface area contributed by atoms with Crippen LogP contribution >= 0.6 is 11.3 Å². The van der Waals surface area contributed by atoms with E-state index in [1.54, 1.807) is 0 Å². The minimum absolute atomic E-state index is 0.660. The molecule has 1 aliphatic carbocycles. The molecule has 0 fully saturated rings. The number of nitrogens with zero attached hydrogens (tertiary/aromatic N) is 2. The fourth-order valence-corrected chi connectivity index (χ4v) is 4.02. The molecule has 0 spiro atoms. The Bertz CT molecular complexity index is 725. The van der Waals surface area contributed by atoms with Gasteiger partial charge in [-0.25, -0.2) is 0 Å². The lowest BCUT2D eigenvalue weighted by atomic mass is 10.0. The minimum Gasteiger partial charge on any atom is -0.383 e. The number of allylic oxidation sites excluding steroid dienone is 4. The molecule has 1 aromatic heterocycles. The topological polar surface area (TPSA) is 7.12 Å². The number of fused-ring (bicyclic) bond motifs is 1. The van der Waals surface area contributed by atoms with Gasteiger partial charge in [0.15, 0.2) is 6.54 Å². The molecule has 1 aliphatic rings. The summed E-state index contributed by atoms with van der Waals surface area (Å²) < 4.78 is 3.84. The molecule has 3 heteroatoms. The maximum Gasteiger partial charge on any atom is 0.264 e. The molecule has 0 aliphatic heterocycles. The van der Waals surface area contributed by atoms with Gasteiger partial charge in [-0.05, 0) is 24.8 Å². The summed E-state index contributed by atoms with van der Waals surface area (Å²) in [7, 11) is 4.13. The summed E-state index contributed by atoms with van der Waals surface area (Å²) in [6, 6.07) is 8.72. The molecular formula is C20H25N2S+. The molecule has 0 radical (unpaired) electrons. The number of thiazole rings is 1. The fourth-order valence-electron chi connectivity index (χ4n) is 2.94. The third-order valence-electron chi connectivity index (χ3n) is 4.15. The quantitative estimate of drug-likeness (QED) is 0.531. The summed E-state index contributed by atoms with van der Waals surface area (Å²) in [6.07, 6.45) is 17.1. The Hall–Kier alpha value is -1.87. The van der Waals surface area contributed by atoms with E-state index in [1.807, 2.05) is 11.3 Å². The van der Waals surface area contributed by atoms with E-state index in [0.717, 1.165) is 6.54 Å². The van der Waals surface area contributed by atoms with Gasteiger partial charge in [-0.3, -0.25) is 0 Å². The van der Waals surface area contributed by atoms with E-state index in [0.29, 0.717) is 5.92 Å². The van der Waals surface area contributed by atoms with Crippen molar-refractivity contribution in [2.24, 2.45) is 5.92 Å². The van der Waals surface area contributed by atoms with Crippen molar-refractivity contribution in [1.82, 2.24) is 4.90 Å². The number of unbranched alkanes of at least 4 members (excludes halogenated alkanes) is 1. The van der Waals surface area contributed by atoms with Crippen LogP contribution < -0.4 is 4.57 Å². The largest absolute Gasteiger partial charge is 0.383 e. The zero-order valence-corrected chi connectivity index (χ0v) is 14.8. The van der Waals surface area contributed by atoms with Crippen molar-refractivity contribution in [2.75, 3.05) is 14.1 Å². The van der Waals surface area contributed by atoms with Crippen LogP contribution in [0.5, 0.6) is 0 Å². The van der Waals surface area contributed by atoms with Crippen LogP contribution in [0.4, 0.5) is 0 Å². The number of hydrogen-bond donors (Lipinski definition) is 0. The third-order valence-corrected chi connectivity index (χ3v) is 5.28. The lowest BCUT2D eigenvalue weighted by Gasteiger charge is -2.04. The normalized spacial score (nSPS) is 14.5. The first kappa shape index (κ1) is 16.0. The second kappa shape index (κ2) is 7.60. The molecule has 0 unspecified atom stereocenters. The van der Waals surface area contributed by atoms with Gasteiger partial charge in [-0.1, -0.05) is 47.8 Å². The standard InChI is InChI=1S/C20H25N2S/c1-21(2)16-14-20-22(18-12-5-6-13-19(18)23-20)15-8-7-11-17-9-3-4-10-17/h3-6,9-10,12-14,16-17H,7-8,11,15H2,1-2H3/q+1. The van der Waals surface area contributed by atoms with Gasteiger partial charge in [-0.15, -0.1) is 0 Å². The summed E-state index contributed by atoms with van der Waals surface area (Å²) >= 11 is 1.88. The number of para-hydroxylation sites is 1. The SMILES string of the molecule is CN(C)/C=C/c1sc2ccccc2[n+]1CCCCC1C=CC=C1. The number of hydrogen-bond acceptors (Lipinski definition) is 2. The second-order valence-corrected chi connectivity index (χ2v) is 7.33. The number of benzene rings is 1. The zero-order chi connectivity index (χ0) is 16.1. The molecule has 0 atom stereocenters. The highest BCUT2D eigenvalue weighted by Gasteiger charge is 2.17. The molecule has 1 heterocycles. The highest BCUT2D eigenvalue weighted by molar-refractivity contribution is 7.18. The van der Waals surface area contributed by atoms with Gasteiger partial charge in [0.2, 0.25) is 5.52 Å². The summed E-state index contributed by atoms with van der Waals surface area (Å²) in [5.74, 6) is 0.660. The van der Waals surface area contributed by atoms with Gasteiger partial charge in [0.25, 0.3) is 5.01 Å². The van der Waals surface area contributed by atoms with Gasteiger partial charge in [0.05, 0.1) is 0 Å². The van der Waals surface area contributed by atoms with Crippen LogP contribution in [0, 0.1) is 5.92 Å². The Balaban J connectivity index is 1.70. The van der Waals surface area contributed by atoms with E-state index < -0.39 is 0 Å². The summed E-state index contributed by atoms with van der Waals surface area (Å²) in [6.45, 7) is 1.09. The molecule has 2 aromatic rings. The first-order valence-electron chi connectivity index (χ1n) is 8.35. The highest BCUT2D eigenvalue weighted by atomic mass is 32.1. The van der Waals surface area contributed by atoms with Crippen molar-refractivity contribution < 1.29 is 4.57 Å². The monoisotopic (exact) mass is 325 g/mol. The summed E-state index contributed by atoms with van der Waals surface area (Å²) in [4.78, 5) is 2.09. The predicted molar refractivity (Wildman–Crippen MR) is 100 cm³/mol. The Labute approximate surface area is 143 Å². The molecule has 0 saturated carbocycles. The predicted octanol–water partition coefficient (Wildman–Crippen LogP) is 4.63. The van der Waals surface area contributed by atoms with E-state index in [-0.39, 0.29) is 0 Å². The maximum atomic E-state index is 2.47. The van der Waals surface area contributed by atoms with Crippen LogP contribution in [0.1, 0.15) is 24.3 Å². The molecule has 2 nitrogen and oxygen atoms in total. The van der Waals surface area contributed by atoms with Crippen molar-refractivity contribution >= 4 is 27.6 Å². The average Bonchev–Trinajstić information content (AvgIpc) is 3.17. The Morgan fingerprint density at radius 2 is 1.91 bits per heavy atom. The summed E-state index contributed by atoms with van der Waals surface area (Å²) in [5.41, 5.74) is 1.36. The smallest absolute Gasteiger partial charge is 0.264 e. The van der Waals surface area contributed by atoms with E-state index in [9.17, 15) is 0 Å². The lowest BCUT2D eigenvalue weighted by molar-refractivity contribution is -0.669. The minimum atomic E-state index is 0.660. The number of rotatable bonds is 7. The van der Waals surface area contributed by atoms with Crippen molar-refractivity contribution in [3.05, 3.63) is 59.8 Å². The molecule has 0 N–H and O–H groups in total. The van der Waals surface area contributed by atoms with Gasteiger partial charge in [0, 0.05) is 38.9 Å². The van der Waals surface area contributed by atoms with Crippen LogP contribution in [-0.4, -0.2) is 19.0 Å². The molecule has 1 aromatic carbocycles. The van der Waals surface area contributed by atoms with E-state index in [4.69, 9.17) is 0 Å². The average molecular weight is 326 g/mol. The first-order chi connectivity index (χ1) is 11.2. The third kappa shape index (κ3) is 4.11. The summed E-state index contributed by atoms with van der Waals surface area (Å²) in [5, 5.41) is 1.33. The fraction of sp³-hybridized carbons (Fsp3) is 0.350. The number of aromatic nitrogens is 1. The maximum absolute atomic E-state index is 2.47. The Morgan fingerprint density at radius 3 is 2.70 bits per heavy atom. The van der Waals surface area contributed by atoms with Crippen molar-refractivity contribution in [2.45, 2.75) is 25.8 Å². The van der Waals surface area contributed by atoms with Crippen LogP contribution in [0.15, 0.2) is 54.8 Å². The van der Waals surface area contributed by atoms with Gasteiger partial charge in [0.1, 0.15) is 4.70 Å². The molecule has 3 rings (SSSR count). The molecule has 23 heavy (non-hydrogen) atoms. The Morgan fingerprint density at radius 1 is 1.13 bits per heavy atom. The zero-order valence-electron chi connectivity index (χ0n) is 14.0. The van der Waals surface area contributed by atoms with E-state index >= 15 is 0 Å². The van der Waals surface area contributed by atoms with Crippen molar-refractivity contribution in [1.29, 1.82) is 0 Å². The molecule has 120 valence electrons. The highest BCUT2D eigenvalue weighted by Crippen LogP contribution is 2.22. The van der Waals surface area contributed by atoms with Crippen LogP contribution in [-0.2, 0) is 6.54 Å². The number of aryl methyl sites for hydroxylation is 1. The second-order valence-electron chi connectivity index (χ2n) is 6.27. The molecule has 0 amide bonds. The first-order valence-corrected chi connectivity index (χ1v) is 9.17. The van der Waals surface area contributed by atoms with Gasteiger partial charge < -0.3 is 4.90 Å². The van der Waals surface area contributed by atoms with Crippen molar-refractivity contribution in [3.8, 4) is 0 Å². The van der Waals surface area contributed by atoms with Gasteiger partial charge in [-0.2, -0.15) is 4.57 Å². The lowest BCUT2D eigenvalue weighted by Crippen LogP contribution is -2.35. The van der Waals surface area contributed by atoms with Crippen LogP contribution in [0.25, 0.3) is 16.3 Å². The molecule has 0 saturated heterocycles. The molecular weight excluding hydrogens is 300 g/mol. The van der Waals surface area contributed by atoms with E-state index in [2.05, 4.69) is 84.4 Å². The molecule has 0 bridgehead atoms. The van der Waals surface area contributed by atoms with Crippen LogP contribution in [0.3, 0.4) is 0 Å². The van der Waals surface area contributed by atoms with Gasteiger partial charge >= 0.3 is 0 Å².